The van der Waals surface area contributed by atoms with Crippen LogP contribution in [0.25, 0.3) is 0 Å². The molecule has 9 N–H and O–H groups in total. The van der Waals surface area contributed by atoms with Crippen molar-refractivity contribution in [1.82, 2.24) is 31.5 Å². The summed E-state index contributed by atoms with van der Waals surface area (Å²) in [6, 6.07) is 12.3. The summed E-state index contributed by atoms with van der Waals surface area (Å²) in [5.74, 6) is -2.85. The lowest BCUT2D eigenvalue weighted by Gasteiger charge is -2.32. The molecule has 61 heavy (non-hydrogen) atoms. The molecule has 0 spiro atoms. The Labute approximate surface area is 357 Å². The second-order valence-electron chi connectivity index (χ2n) is 16.8. The number of nitrogens with two attached hydrogens (primary N) is 2. The molecule has 2 aromatic carbocycles. The number of para-hydroxylation sites is 1. The van der Waals surface area contributed by atoms with Gasteiger partial charge in [-0.25, -0.2) is 0 Å². The Kier molecular flexibility index (Phi) is 16.3. The van der Waals surface area contributed by atoms with Gasteiger partial charge in [0.1, 0.15) is 30.2 Å². The van der Waals surface area contributed by atoms with Gasteiger partial charge < -0.3 is 43.0 Å². The minimum atomic E-state index is -1.09. The third-order valence-electron chi connectivity index (χ3n) is 12.3. The van der Waals surface area contributed by atoms with Gasteiger partial charge in [0.2, 0.25) is 35.4 Å². The van der Waals surface area contributed by atoms with Crippen molar-refractivity contribution in [1.29, 1.82) is 0 Å². The van der Waals surface area contributed by atoms with E-state index in [0.29, 0.717) is 45.1 Å². The SMILES string of the molecule is NC(N)=NCCCC1NC(=O)C(CC2C=Nc3ccccc32)NC(=O)C(CC2CCCCC2)NC(=O)C2CCCN2C(=O)C(NC(=O)CCc2ccccc2)CCCNC1=O. The summed E-state index contributed by atoms with van der Waals surface area (Å²) in [4.78, 5) is 94.9. The van der Waals surface area contributed by atoms with Crippen LogP contribution in [0.4, 0.5) is 5.69 Å². The summed E-state index contributed by atoms with van der Waals surface area (Å²) in [6.07, 6.45) is 9.98. The van der Waals surface area contributed by atoms with Crippen molar-refractivity contribution >= 4 is 53.3 Å². The van der Waals surface area contributed by atoms with Crippen molar-refractivity contribution in [2.24, 2.45) is 27.4 Å². The number of nitrogens with one attached hydrogen (secondary N) is 5. The molecule has 6 rings (SSSR count). The molecular weight excluding hydrogens is 777 g/mol. The van der Waals surface area contributed by atoms with Gasteiger partial charge in [-0.2, -0.15) is 0 Å². The number of aryl methyl sites for hydroxylation is 1. The summed E-state index contributed by atoms with van der Waals surface area (Å²) in [5.41, 5.74) is 13.8. The Morgan fingerprint density at radius 3 is 2.25 bits per heavy atom. The van der Waals surface area contributed by atoms with Crippen LogP contribution in [-0.2, 0) is 35.2 Å². The van der Waals surface area contributed by atoms with Gasteiger partial charge in [0.25, 0.3) is 0 Å². The average Bonchev–Trinajstić information content (AvgIpc) is 3.92. The Balaban J connectivity index is 1.28. The van der Waals surface area contributed by atoms with E-state index in [1.807, 2.05) is 54.6 Å². The maximum Gasteiger partial charge on any atom is 0.245 e. The first-order valence-corrected chi connectivity index (χ1v) is 22.1. The molecule has 3 fully saturated rings. The van der Waals surface area contributed by atoms with Crippen LogP contribution in [0.3, 0.4) is 0 Å². The van der Waals surface area contributed by atoms with Crippen LogP contribution in [0.15, 0.2) is 64.6 Å². The molecule has 6 atom stereocenters. The molecule has 16 heteroatoms. The topological polar surface area (TPSA) is 243 Å². The number of nitrogens with zero attached hydrogens (tertiary/aromatic N) is 3. The van der Waals surface area contributed by atoms with Crippen LogP contribution in [0.1, 0.15) is 107 Å². The molecule has 2 aromatic rings. The fraction of sp³-hybridized carbons (Fsp3) is 0.556. The van der Waals surface area contributed by atoms with E-state index in [0.717, 1.165) is 48.9 Å². The predicted molar refractivity (Wildman–Crippen MR) is 233 cm³/mol. The Bertz CT molecular complexity index is 1910. The molecule has 0 bridgehead atoms. The third-order valence-corrected chi connectivity index (χ3v) is 12.3. The number of hydrogen-bond donors (Lipinski definition) is 7. The van der Waals surface area contributed by atoms with Gasteiger partial charge in [-0.1, -0.05) is 80.6 Å². The molecule has 2 saturated heterocycles. The smallest absolute Gasteiger partial charge is 0.245 e. The minimum Gasteiger partial charge on any atom is -0.370 e. The second-order valence-corrected chi connectivity index (χ2v) is 16.8. The van der Waals surface area contributed by atoms with Crippen LogP contribution in [-0.4, -0.2) is 102 Å². The van der Waals surface area contributed by atoms with E-state index in [9.17, 15) is 28.8 Å². The maximum atomic E-state index is 14.5. The van der Waals surface area contributed by atoms with Gasteiger partial charge >= 0.3 is 0 Å². The summed E-state index contributed by atoms with van der Waals surface area (Å²) in [7, 11) is 0. The first kappa shape index (κ1) is 44.7. The highest BCUT2D eigenvalue weighted by Gasteiger charge is 2.40. The monoisotopic (exact) mass is 838 g/mol. The van der Waals surface area contributed by atoms with Crippen LogP contribution in [0.2, 0.25) is 0 Å². The van der Waals surface area contributed by atoms with E-state index in [-0.39, 0.29) is 68.4 Å². The molecule has 3 aliphatic heterocycles. The number of amides is 6. The van der Waals surface area contributed by atoms with Gasteiger partial charge in [-0.05, 0) is 80.9 Å². The summed E-state index contributed by atoms with van der Waals surface area (Å²) in [6.45, 7) is 0.689. The standard InChI is InChI=1S/C45H62N10O6/c46-45(47)49-24-9-18-34-40(57)48-23-10-19-35(51-39(56)22-21-29-12-3-1-4-13-29)44(61)55-25-11-20-38(55)43(60)54-36(26-30-14-5-2-6-15-30)41(58)53-37(42(59)52-34)27-31-28-50-33-17-8-7-16-32(31)33/h1,3-4,7-8,12-13,16-17,28,30-31,34-38H,2,5-6,9-11,14-15,18-27H2,(H,48,57)(H,51,56)(H,52,59)(H,53,58)(H,54,60)(H4,46,47,49). The van der Waals surface area contributed by atoms with Crippen LogP contribution < -0.4 is 38.1 Å². The summed E-state index contributed by atoms with van der Waals surface area (Å²) < 4.78 is 0. The van der Waals surface area contributed by atoms with E-state index < -0.39 is 53.8 Å². The zero-order valence-electron chi connectivity index (χ0n) is 35.0. The van der Waals surface area contributed by atoms with Gasteiger partial charge in [-0.3, -0.25) is 38.8 Å². The average molecular weight is 839 g/mol. The molecule has 328 valence electrons. The van der Waals surface area contributed by atoms with Crippen molar-refractivity contribution in [3.05, 3.63) is 65.7 Å². The lowest BCUT2D eigenvalue weighted by molar-refractivity contribution is -0.142. The predicted octanol–water partition coefficient (Wildman–Crippen LogP) is 2.37. The van der Waals surface area contributed by atoms with E-state index >= 15 is 0 Å². The lowest BCUT2D eigenvalue weighted by Crippen LogP contribution is -2.59. The van der Waals surface area contributed by atoms with Crippen molar-refractivity contribution in [3.8, 4) is 0 Å². The van der Waals surface area contributed by atoms with Gasteiger partial charge in [-0.15, -0.1) is 0 Å². The normalized spacial score (nSPS) is 25.5. The molecule has 1 saturated carbocycles. The summed E-state index contributed by atoms with van der Waals surface area (Å²) >= 11 is 0. The highest BCUT2D eigenvalue weighted by molar-refractivity contribution is 5.97. The van der Waals surface area contributed by atoms with Gasteiger partial charge in [0.05, 0.1) is 5.69 Å². The van der Waals surface area contributed by atoms with Crippen LogP contribution in [0, 0.1) is 5.92 Å². The van der Waals surface area contributed by atoms with Crippen LogP contribution in [0.5, 0.6) is 0 Å². The number of benzene rings is 2. The largest absolute Gasteiger partial charge is 0.370 e. The molecule has 6 amide bonds. The first-order chi connectivity index (χ1) is 29.5. The van der Waals surface area contributed by atoms with E-state index in [4.69, 9.17) is 11.5 Å². The Morgan fingerprint density at radius 1 is 0.770 bits per heavy atom. The van der Waals surface area contributed by atoms with Crippen molar-refractivity contribution in [3.63, 3.8) is 0 Å². The molecule has 0 aromatic heterocycles. The van der Waals surface area contributed by atoms with E-state index in [1.165, 1.54) is 4.90 Å². The minimum absolute atomic E-state index is 0.0918. The van der Waals surface area contributed by atoms with Crippen LogP contribution >= 0.6 is 0 Å². The number of carbonyl (C=O) groups is 6. The van der Waals surface area contributed by atoms with Crippen molar-refractivity contribution < 1.29 is 28.8 Å². The fourth-order valence-corrected chi connectivity index (χ4v) is 8.99. The highest BCUT2D eigenvalue weighted by atomic mass is 16.2. The van der Waals surface area contributed by atoms with Crippen molar-refractivity contribution in [2.75, 3.05) is 19.6 Å². The zero-order chi connectivity index (χ0) is 43.1. The molecule has 3 heterocycles. The first-order valence-electron chi connectivity index (χ1n) is 22.1. The zero-order valence-corrected chi connectivity index (χ0v) is 35.0. The number of rotatable bonds is 12. The molecule has 4 aliphatic rings. The Morgan fingerprint density at radius 2 is 1.48 bits per heavy atom. The van der Waals surface area contributed by atoms with Gasteiger partial charge in [0, 0.05) is 38.2 Å². The second kappa shape index (κ2) is 22.2. The maximum absolute atomic E-state index is 14.5. The fourth-order valence-electron chi connectivity index (χ4n) is 8.99. The van der Waals surface area contributed by atoms with E-state index in [2.05, 4.69) is 36.6 Å². The molecular formula is C45H62N10O6. The molecule has 16 nitrogen and oxygen atoms in total. The van der Waals surface area contributed by atoms with E-state index in [1.54, 1.807) is 6.21 Å². The van der Waals surface area contributed by atoms with Crippen molar-refractivity contribution in [2.45, 2.75) is 132 Å². The molecule has 6 unspecified atom stereocenters. The third kappa shape index (κ3) is 12.9. The number of guanidine groups is 1. The van der Waals surface area contributed by atoms with Gasteiger partial charge in [0.15, 0.2) is 5.96 Å². The Hall–Kier alpha value is -5.80. The molecule has 0 radical (unpaired) electrons. The quantitative estimate of drug-likeness (QED) is 0.0949. The highest BCUT2D eigenvalue weighted by Crippen LogP contribution is 2.35. The number of fused-ring (bicyclic) bond motifs is 2. The lowest BCUT2D eigenvalue weighted by atomic mass is 9.84. The number of aliphatic imine (C=N–C) groups is 2. The number of hydrogen-bond acceptors (Lipinski definition) is 8. The number of carbonyl (C=O) groups excluding carboxylic acids is 6. The molecule has 1 aliphatic carbocycles. The summed E-state index contributed by atoms with van der Waals surface area (Å²) in [5, 5.41) is 14.8.